The van der Waals surface area contributed by atoms with Gasteiger partial charge in [-0.1, -0.05) is 66.2 Å². The van der Waals surface area contributed by atoms with Crippen LogP contribution >= 0.6 is 0 Å². The molecule has 2 atom stereocenters. The molecule has 0 saturated carbocycles. The zero-order valence-corrected chi connectivity index (χ0v) is 21.8. The molecule has 0 bridgehead atoms. The molecule has 0 spiro atoms. The number of hydrogen-bond donors (Lipinski definition) is 0. The van der Waals surface area contributed by atoms with E-state index in [-0.39, 0.29) is 11.9 Å². The van der Waals surface area contributed by atoms with Crippen molar-refractivity contribution in [3.05, 3.63) is 125 Å². The lowest BCUT2D eigenvalue weighted by Crippen LogP contribution is -2.38. The monoisotopic (exact) mass is 494 g/mol. The predicted molar refractivity (Wildman–Crippen MR) is 145 cm³/mol. The summed E-state index contributed by atoms with van der Waals surface area (Å²) in [5.41, 5.74) is 6.42. The maximum Gasteiger partial charge on any atom is 0.263 e. The number of likely N-dealkylation sites (N-methyl/N-ethyl adjacent to an activating group) is 1. The molecular formula is C32H34N2O3. The number of carbonyl (C=O) groups is 1. The van der Waals surface area contributed by atoms with E-state index in [1.54, 1.807) is 25.1 Å². The highest BCUT2D eigenvalue weighted by atomic mass is 16.5. The molecule has 4 aromatic rings. The maximum absolute atomic E-state index is 13.0. The van der Waals surface area contributed by atoms with Crippen molar-refractivity contribution in [3.8, 4) is 5.75 Å². The van der Waals surface area contributed by atoms with Gasteiger partial charge in [0.1, 0.15) is 11.5 Å². The fraction of sp³-hybridized carbons (Fsp3) is 0.281. The molecule has 0 fully saturated rings. The number of furan rings is 1. The number of nitrogens with zero attached hydrogens (tertiary/aromatic N) is 2. The number of fused-ring (bicyclic) bond motifs is 1. The van der Waals surface area contributed by atoms with E-state index in [0.717, 1.165) is 25.3 Å². The zero-order chi connectivity index (χ0) is 25.8. The average molecular weight is 495 g/mol. The normalized spacial score (nSPS) is 16.1. The summed E-state index contributed by atoms with van der Waals surface area (Å²) in [6, 6.07) is 29.5. The Bertz CT molecular complexity index is 1330. The van der Waals surface area contributed by atoms with Gasteiger partial charge in [-0.25, -0.2) is 0 Å². The zero-order valence-electron chi connectivity index (χ0n) is 21.8. The summed E-state index contributed by atoms with van der Waals surface area (Å²) >= 11 is 0. The number of hydrogen-bond acceptors (Lipinski definition) is 4. The second-order valence-corrected chi connectivity index (χ2v) is 9.92. The first-order chi connectivity index (χ1) is 18.0. The fourth-order valence-electron chi connectivity index (χ4n) is 5.24. The van der Waals surface area contributed by atoms with Gasteiger partial charge in [-0.2, -0.15) is 0 Å². The van der Waals surface area contributed by atoms with Crippen molar-refractivity contribution in [3.63, 3.8) is 0 Å². The highest BCUT2D eigenvalue weighted by Crippen LogP contribution is 2.38. The van der Waals surface area contributed by atoms with Crippen LogP contribution in [0.25, 0.3) is 0 Å². The lowest BCUT2D eigenvalue weighted by Gasteiger charge is -2.38. The van der Waals surface area contributed by atoms with Crippen LogP contribution in [0.5, 0.6) is 5.75 Å². The van der Waals surface area contributed by atoms with Crippen LogP contribution in [0.3, 0.4) is 0 Å². The van der Waals surface area contributed by atoms with E-state index in [1.807, 2.05) is 18.2 Å². The van der Waals surface area contributed by atoms with Crippen LogP contribution in [0.1, 0.15) is 46.5 Å². The molecule has 1 amide bonds. The van der Waals surface area contributed by atoms with Crippen LogP contribution < -0.4 is 4.74 Å². The summed E-state index contributed by atoms with van der Waals surface area (Å²) in [7, 11) is 1.77. The summed E-state index contributed by atoms with van der Waals surface area (Å²) in [6.07, 6.45) is 1.98. The van der Waals surface area contributed by atoms with Crippen LogP contribution in [0.15, 0.2) is 95.6 Å². The van der Waals surface area contributed by atoms with Crippen LogP contribution in [0, 0.1) is 6.92 Å². The van der Waals surface area contributed by atoms with E-state index in [0.29, 0.717) is 12.3 Å². The van der Waals surface area contributed by atoms with E-state index in [1.165, 1.54) is 27.8 Å². The molecule has 5 nitrogen and oxygen atoms in total. The smallest absolute Gasteiger partial charge is 0.263 e. The number of aryl methyl sites for hydroxylation is 1. The van der Waals surface area contributed by atoms with Gasteiger partial charge in [0.05, 0.1) is 18.8 Å². The Morgan fingerprint density at radius 1 is 1.05 bits per heavy atom. The van der Waals surface area contributed by atoms with Gasteiger partial charge in [0.25, 0.3) is 5.91 Å². The van der Waals surface area contributed by atoms with E-state index >= 15 is 0 Å². The van der Waals surface area contributed by atoms with E-state index in [2.05, 4.69) is 78.6 Å². The molecule has 0 radical (unpaired) electrons. The number of rotatable bonds is 8. The largest absolute Gasteiger partial charge is 0.481 e. The summed E-state index contributed by atoms with van der Waals surface area (Å²) in [4.78, 5) is 17.2. The average Bonchev–Trinajstić information content (AvgIpc) is 3.41. The molecule has 1 aliphatic heterocycles. The van der Waals surface area contributed by atoms with Crippen molar-refractivity contribution in [2.24, 2.45) is 0 Å². The number of carbonyl (C=O) groups excluding carboxylic acids is 1. The van der Waals surface area contributed by atoms with Gasteiger partial charge >= 0.3 is 0 Å². The minimum atomic E-state index is -0.611. The Morgan fingerprint density at radius 2 is 1.89 bits per heavy atom. The molecule has 3 aromatic carbocycles. The standard InChI is InChI=1S/C32H34N2O3/c1-23-9-7-10-25(19-23)21-34-17-16-26-14-15-28(20-30(26)31(34)27-11-5-4-6-12-27)37-24(2)32(35)33(3)22-29-13-8-18-36-29/h4-15,18-20,24,31H,16-17,21-22H2,1-3H3/t24-,31-/m0/s1. The third-order valence-corrected chi connectivity index (χ3v) is 7.04. The third kappa shape index (κ3) is 5.78. The van der Waals surface area contributed by atoms with Crippen LogP contribution in [0.2, 0.25) is 0 Å². The van der Waals surface area contributed by atoms with Crippen molar-refractivity contribution >= 4 is 5.91 Å². The van der Waals surface area contributed by atoms with Gasteiger partial charge in [0, 0.05) is 20.1 Å². The number of ether oxygens (including phenoxy) is 1. The number of benzene rings is 3. The van der Waals surface area contributed by atoms with Crippen molar-refractivity contribution in [1.82, 2.24) is 9.80 Å². The van der Waals surface area contributed by atoms with Crippen molar-refractivity contribution in [2.75, 3.05) is 13.6 Å². The summed E-state index contributed by atoms with van der Waals surface area (Å²) < 4.78 is 11.6. The van der Waals surface area contributed by atoms with Gasteiger partial charge in [-0.3, -0.25) is 9.69 Å². The maximum atomic E-state index is 13.0. The lowest BCUT2D eigenvalue weighted by atomic mass is 9.87. The molecule has 0 saturated heterocycles. The topological polar surface area (TPSA) is 45.9 Å². The molecule has 1 aromatic heterocycles. The molecule has 0 unspecified atom stereocenters. The van der Waals surface area contributed by atoms with Crippen molar-refractivity contribution < 1.29 is 13.9 Å². The Labute approximate surface area is 219 Å². The van der Waals surface area contributed by atoms with E-state index < -0.39 is 6.10 Å². The first-order valence-electron chi connectivity index (χ1n) is 12.9. The van der Waals surface area contributed by atoms with Crippen LogP contribution in [0.4, 0.5) is 0 Å². The van der Waals surface area contributed by atoms with Crippen LogP contribution in [-0.4, -0.2) is 35.4 Å². The molecule has 1 aliphatic rings. The highest BCUT2D eigenvalue weighted by Gasteiger charge is 2.30. The molecule has 2 heterocycles. The summed E-state index contributed by atoms with van der Waals surface area (Å²) in [5, 5.41) is 0. The van der Waals surface area contributed by atoms with Crippen molar-refractivity contribution in [1.29, 1.82) is 0 Å². The van der Waals surface area contributed by atoms with Gasteiger partial charge < -0.3 is 14.1 Å². The Kier molecular flexibility index (Phi) is 7.42. The minimum absolute atomic E-state index is 0.0881. The van der Waals surface area contributed by atoms with Gasteiger partial charge in [-0.05, 0) is 66.8 Å². The molecule has 0 N–H and O–H groups in total. The predicted octanol–water partition coefficient (Wildman–Crippen LogP) is 6.16. The molecular weight excluding hydrogens is 460 g/mol. The lowest BCUT2D eigenvalue weighted by molar-refractivity contribution is -0.137. The fourth-order valence-corrected chi connectivity index (χ4v) is 5.24. The first kappa shape index (κ1) is 24.8. The second-order valence-electron chi connectivity index (χ2n) is 9.92. The van der Waals surface area contributed by atoms with E-state index in [9.17, 15) is 4.79 Å². The Hall–Kier alpha value is -3.83. The Morgan fingerprint density at radius 3 is 2.65 bits per heavy atom. The Balaban J connectivity index is 1.39. The summed E-state index contributed by atoms with van der Waals surface area (Å²) in [6.45, 7) is 6.21. The number of amides is 1. The molecule has 190 valence electrons. The molecule has 0 aliphatic carbocycles. The summed E-state index contributed by atoms with van der Waals surface area (Å²) in [5.74, 6) is 1.37. The second kappa shape index (κ2) is 11.1. The quantitative estimate of drug-likeness (QED) is 0.294. The van der Waals surface area contributed by atoms with Gasteiger partial charge in [-0.15, -0.1) is 0 Å². The third-order valence-electron chi connectivity index (χ3n) is 7.04. The SMILES string of the molecule is Cc1cccc(CN2CCc3ccc(O[C@@H](C)C(=O)N(C)Cc4ccco4)cc3[C@@H]2c2ccccc2)c1. The molecule has 5 heteroatoms. The minimum Gasteiger partial charge on any atom is -0.481 e. The van der Waals surface area contributed by atoms with Gasteiger partial charge in [0.15, 0.2) is 6.10 Å². The molecule has 5 rings (SSSR count). The molecule has 37 heavy (non-hydrogen) atoms. The highest BCUT2D eigenvalue weighted by molar-refractivity contribution is 5.80. The van der Waals surface area contributed by atoms with Gasteiger partial charge in [0.2, 0.25) is 0 Å². The van der Waals surface area contributed by atoms with Crippen molar-refractivity contribution in [2.45, 2.75) is 45.5 Å². The first-order valence-corrected chi connectivity index (χ1v) is 12.9. The van der Waals surface area contributed by atoms with Crippen LogP contribution in [-0.2, 0) is 24.3 Å². The van der Waals surface area contributed by atoms with E-state index in [4.69, 9.17) is 9.15 Å².